The van der Waals surface area contributed by atoms with Crippen molar-refractivity contribution >= 4 is 32.2 Å². The molecule has 1 aromatic heterocycles. The lowest BCUT2D eigenvalue weighted by Gasteiger charge is -2.04. The van der Waals surface area contributed by atoms with Crippen LogP contribution < -0.4 is 10.1 Å². The van der Waals surface area contributed by atoms with Crippen molar-refractivity contribution in [3.8, 4) is 5.75 Å². The van der Waals surface area contributed by atoms with Gasteiger partial charge in [-0.05, 0) is 24.1 Å². The fraction of sp³-hybridized carbons (Fsp3) is 0.286. The van der Waals surface area contributed by atoms with Gasteiger partial charge in [0.2, 0.25) is 11.0 Å². The Morgan fingerprint density at radius 2 is 1.70 bits per heavy atom. The normalized spacial score (nSPS) is 11.2. The van der Waals surface area contributed by atoms with Gasteiger partial charge in [-0.2, -0.15) is 0 Å². The third kappa shape index (κ3) is 7.57. The lowest BCUT2D eigenvalue weighted by atomic mass is 10.2. The first-order valence-corrected chi connectivity index (χ1v) is 12.2. The first-order valence-electron chi connectivity index (χ1n) is 9.55. The average molecular weight is 446 g/mol. The van der Waals surface area contributed by atoms with E-state index in [0.717, 1.165) is 17.2 Å². The fourth-order valence-corrected chi connectivity index (χ4v) is 4.80. The van der Waals surface area contributed by atoms with Gasteiger partial charge in [0, 0.05) is 12.8 Å². The van der Waals surface area contributed by atoms with E-state index in [4.69, 9.17) is 4.74 Å². The lowest BCUT2D eigenvalue weighted by Crippen LogP contribution is -2.18. The van der Waals surface area contributed by atoms with Gasteiger partial charge in [-0.25, -0.2) is 8.42 Å². The molecule has 3 aromatic rings. The van der Waals surface area contributed by atoms with E-state index >= 15 is 0 Å². The third-order valence-corrected chi connectivity index (χ3v) is 6.63. The van der Waals surface area contributed by atoms with Crippen molar-refractivity contribution in [3.05, 3.63) is 71.2 Å². The zero-order chi connectivity index (χ0) is 21.2. The van der Waals surface area contributed by atoms with Crippen LogP contribution in [0.15, 0.2) is 60.7 Å². The molecule has 0 aliphatic heterocycles. The summed E-state index contributed by atoms with van der Waals surface area (Å²) in [5.74, 6) is 0.150. The molecule has 0 radical (unpaired) electrons. The summed E-state index contributed by atoms with van der Waals surface area (Å²) in [6, 6.07) is 18.5. The summed E-state index contributed by atoms with van der Waals surface area (Å²) < 4.78 is 30.0. The molecule has 0 aliphatic carbocycles. The van der Waals surface area contributed by atoms with Crippen LogP contribution >= 0.6 is 11.3 Å². The lowest BCUT2D eigenvalue weighted by molar-refractivity contribution is -0.115. The number of ether oxygens (including phenoxy) is 1. The van der Waals surface area contributed by atoms with E-state index in [1.165, 1.54) is 11.3 Å². The SMILES string of the molecule is O=C(CCS(=O)(=O)Cc1ccccc1)Nc1nnc(CCCOc2ccccc2)s1. The molecule has 7 nitrogen and oxygen atoms in total. The van der Waals surface area contributed by atoms with Crippen LogP contribution in [0.1, 0.15) is 23.4 Å². The average Bonchev–Trinajstić information content (AvgIpc) is 3.18. The van der Waals surface area contributed by atoms with Gasteiger partial charge in [-0.15, -0.1) is 10.2 Å². The molecule has 0 unspecified atom stereocenters. The second-order valence-electron chi connectivity index (χ2n) is 6.64. The number of hydrogen-bond donors (Lipinski definition) is 1. The van der Waals surface area contributed by atoms with Crippen molar-refractivity contribution in [3.63, 3.8) is 0 Å². The number of carbonyl (C=O) groups excluding carboxylic acids is 1. The van der Waals surface area contributed by atoms with Crippen molar-refractivity contribution < 1.29 is 17.9 Å². The largest absolute Gasteiger partial charge is 0.494 e. The number of carbonyl (C=O) groups is 1. The molecule has 0 saturated heterocycles. The number of aromatic nitrogens is 2. The van der Waals surface area contributed by atoms with Crippen LogP contribution in [0.4, 0.5) is 5.13 Å². The number of hydrogen-bond acceptors (Lipinski definition) is 7. The highest BCUT2D eigenvalue weighted by molar-refractivity contribution is 7.90. The van der Waals surface area contributed by atoms with Crippen LogP contribution in [0.3, 0.4) is 0 Å². The van der Waals surface area contributed by atoms with Crippen LogP contribution in [0.2, 0.25) is 0 Å². The minimum Gasteiger partial charge on any atom is -0.494 e. The van der Waals surface area contributed by atoms with Gasteiger partial charge >= 0.3 is 0 Å². The Labute approximate surface area is 180 Å². The molecule has 0 fully saturated rings. The highest BCUT2D eigenvalue weighted by Crippen LogP contribution is 2.17. The predicted octanol–water partition coefficient (Wildman–Crippen LogP) is 3.49. The molecular formula is C21H23N3O4S2. The molecule has 3 rings (SSSR count). The minimum absolute atomic E-state index is 0.0743. The van der Waals surface area contributed by atoms with Crippen molar-refractivity contribution in [2.45, 2.75) is 25.0 Å². The number of sulfone groups is 1. The topological polar surface area (TPSA) is 98.2 Å². The Balaban J connectivity index is 1.38. The zero-order valence-corrected chi connectivity index (χ0v) is 18.0. The van der Waals surface area contributed by atoms with Crippen molar-refractivity contribution in [2.75, 3.05) is 17.7 Å². The quantitative estimate of drug-likeness (QED) is 0.454. The third-order valence-electron chi connectivity index (χ3n) is 4.13. The van der Waals surface area contributed by atoms with E-state index in [1.54, 1.807) is 24.3 Å². The Hall–Kier alpha value is -2.78. The molecule has 158 valence electrons. The van der Waals surface area contributed by atoms with Gasteiger partial charge in [-0.1, -0.05) is 59.9 Å². The number of amides is 1. The Bertz CT molecular complexity index is 1040. The smallest absolute Gasteiger partial charge is 0.227 e. The highest BCUT2D eigenvalue weighted by Gasteiger charge is 2.16. The van der Waals surface area contributed by atoms with Gasteiger partial charge in [0.1, 0.15) is 10.8 Å². The van der Waals surface area contributed by atoms with Crippen molar-refractivity contribution in [1.82, 2.24) is 10.2 Å². The maximum absolute atomic E-state index is 12.2. The summed E-state index contributed by atoms with van der Waals surface area (Å²) in [5, 5.41) is 11.8. The second-order valence-corrected chi connectivity index (χ2v) is 9.89. The number of aryl methyl sites for hydroxylation is 1. The summed E-state index contributed by atoms with van der Waals surface area (Å²) in [4.78, 5) is 12.1. The number of nitrogens with one attached hydrogen (secondary N) is 1. The Morgan fingerprint density at radius 3 is 2.43 bits per heavy atom. The van der Waals surface area contributed by atoms with E-state index in [1.807, 2.05) is 36.4 Å². The van der Waals surface area contributed by atoms with Crippen LogP contribution in [-0.4, -0.2) is 36.9 Å². The Morgan fingerprint density at radius 1 is 1.00 bits per heavy atom. The van der Waals surface area contributed by atoms with Gasteiger partial charge in [0.25, 0.3) is 0 Å². The van der Waals surface area contributed by atoms with E-state index in [0.29, 0.717) is 23.7 Å². The second kappa shape index (κ2) is 10.8. The summed E-state index contributed by atoms with van der Waals surface area (Å²) >= 11 is 1.28. The van der Waals surface area contributed by atoms with E-state index < -0.39 is 9.84 Å². The molecule has 30 heavy (non-hydrogen) atoms. The fourth-order valence-electron chi connectivity index (χ4n) is 2.67. The molecule has 0 bridgehead atoms. The maximum atomic E-state index is 12.2. The molecule has 2 aromatic carbocycles. The highest BCUT2D eigenvalue weighted by atomic mass is 32.2. The maximum Gasteiger partial charge on any atom is 0.227 e. The molecule has 1 N–H and O–H groups in total. The zero-order valence-electron chi connectivity index (χ0n) is 16.4. The first kappa shape index (κ1) is 21.9. The van der Waals surface area contributed by atoms with Crippen LogP contribution in [-0.2, 0) is 26.8 Å². The van der Waals surface area contributed by atoms with Crippen LogP contribution in [0.5, 0.6) is 5.75 Å². The number of anilines is 1. The van der Waals surface area contributed by atoms with Gasteiger partial charge < -0.3 is 10.1 Å². The molecule has 0 saturated carbocycles. The molecule has 0 spiro atoms. The predicted molar refractivity (Wildman–Crippen MR) is 117 cm³/mol. The molecule has 0 aliphatic rings. The van der Waals surface area contributed by atoms with E-state index in [-0.39, 0.29) is 23.8 Å². The molecular weight excluding hydrogens is 422 g/mol. The first-order chi connectivity index (χ1) is 14.5. The van der Waals surface area contributed by atoms with Crippen molar-refractivity contribution in [2.24, 2.45) is 0 Å². The molecule has 9 heteroatoms. The number of rotatable bonds is 11. The summed E-state index contributed by atoms with van der Waals surface area (Å²) in [6.07, 6.45) is 1.34. The van der Waals surface area contributed by atoms with E-state index in [2.05, 4.69) is 15.5 Å². The number of benzene rings is 2. The number of nitrogens with zero attached hydrogens (tertiary/aromatic N) is 2. The molecule has 1 heterocycles. The summed E-state index contributed by atoms with van der Waals surface area (Å²) in [7, 11) is -3.36. The van der Waals surface area contributed by atoms with E-state index in [9.17, 15) is 13.2 Å². The van der Waals surface area contributed by atoms with Crippen LogP contribution in [0.25, 0.3) is 0 Å². The van der Waals surface area contributed by atoms with Gasteiger partial charge in [0.05, 0.1) is 18.1 Å². The summed E-state index contributed by atoms with van der Waals surface area (Å²) in [5.41, 5.74) is 0.711. The minimum atomic E-state index is -3.36. The summed E-state index contributed by atoms with van der Waals surface area (Å²) in [6.45, 7) is 0.560. The van der Waals surface area contributed by atoms with Gasteiger partial charge in [0.15, 0.2) is 9.84 Å². The van der Waals surface area contributed by atoms with Crippen molar-refractivity contribution in [1.29, 1.82) is 0 Å². The molecule has 0 atom stereocenters. The molecule has 1 amide bonds. The van der Waals surface area contributed by atoms with Crippen LogP contribution in [0, 0.1) is 0 Å². The monoisotopic (exact) mass is 445 g/mol. The number of para-hydroxylation sites is 1. The standard InChI is InChI=1S/C21H23N3O4S2/c25-19(13-15-30(26,27)16-17-8-3-1-4-9-17)22-21-24-23-20(29-21)12-7-14-28-18-10-5-2-6-11-18/h1-6,8-11H,7,12-16H2,(H,22,24,25). The van der Waals surface area contributed by atoms with Gasteiger partial charge in [-0.3, -0.25) is 4.79 Å². The Kier molecular flexibility index (Phi) is 7.92.